The number of hydrogen-bond donors (Lipinski definition) is 1. The van der Waals surface area contributed by atoms with Crippen LogP contribution in [0.25, 0.3) is 6.08 Å². The normalized spacial score (nSPS) is 10.8. The van der Waals surface area contributed by atoms with Crippen LogP contribution in [0.2, 0.25) is 0 Å². The molecule has 0 heterocycles. The summed E-state index contributed by atoms with van der Waals surface area (Å²) < 4.78 is 7.63. The summed E-state index contributed by atoms with van der Waals surface area (Å²) in [5.74, 6) is 0.447. The second kappa shape index (κ2) is 6.91. The Morgan fingerprint density at radius 1 is 1.19 bits per heavy atom. The standard InChI is InChI=1S/C16H12Br2O3/c1-10-8-13(5-2-11(10)3-7-16(19)20)21-15-6-4-12(17)9-14(15)18/h2-9H,1H3,(H,19,20). The van der Waals surface area contributed by atoms with E-state index in [-0.39, 0.29) is 0 Å². The molecule has 0 saturated carbocycles. The number of aliphatic carboxylic acids is 1. The van der Waals surface area contributed by atoms with Gasteiger partial charge in [0.1, 0.15) is 11.5 Å². The maximum Gasteiger partial charge on any atom is 0.328 e. The van der Waals surface area contributed by atoms with Gasteiger partial charge in [-0.1, -0.05) is 22.0 Å². The lowest BCUT2D eigenvalue weighted by Gasteiger charge is -2.10. The number of carboxylic acids is 1. The van der Waals surface area contributed by atoms with Crippen LogP contribution in [0.4, 0.5) is 0 Å². The van der Waals surface area contributed by atoms with E-state index < -0.39 is 5.97 Å². The number of halogens is 2. The number of aryl methyl sites for hydroxylation is 1. The molecule has 0 radical (unpaired) electrons. The molecule has 0 amide bonds. The summed E-state index contributed by atoms with van der Waals surface area (Å²) in [6, 6.07) is 11.2. The first-order chi connectivity index (χ1) is 9.95. The summed E-state index contributed by atoms with van der Waals surface area (Å²) in [5, 5.41) is 8.65. The Morgan fingerprint density at radius 2 is 1.95 bits per heavy atom. The van der Waals surface area contributed by atoms with Crippen molar-refractivity contribution in [2.45, 2.75) is 6.92 Å². The zero-order valence-corrected chi connectivity index (χ0v) is 14.3. The quantitative estimate of drug-likeness (QED) is 0.684. The van der Waals surface area contributed by atoms with Crippen molar-refractivity contribution >= 4 is 43.9 Å². The summed E-state index contributed by atoms with van der Waals surface area (Å²) in [6.07, 6.45) is 2.69. The van der Waals surface area contributed by atoms with Gasteiger partial charge in [-0.15, -0.1) is 0 Å². The zero-order chi connectivity index (χ0) is 15.4. The average molecular weight is 412 g/mol. The molecule has 0 aliphatic heterocycles. The molecule has 0 aliphatic rings. The maximum absolute atomic E-state index is 10.5. The molecular formula is C16H12Br2O3. The smallest absolute Gasteiger partial charge is 0.328 e. The number of hydrogen-bond acceptors (Lipinski definition) is 2. The lowest BCUT2D eigenvalue weighted by Crippen LogP contribution is -1.90. The average Bonchev–Trinajstić information content (AvgIpc) is 2.41. The van der Waals surface area contributed by atoms with Crippen molar-refractivity contribution in [1.29, 1.82) is 0 Å². The van der Waals surface area contributed by atoms with E-state index in [9.17, 15) is 4.79 Å². The molecule has 0 atom stereocenters. The number of carboxylic acid groups (broad SMARTS) is 1. The highest BCUT2D eigenvalue weighted by molar-refractivity contribution is 9.11. The molecular weight excluding hydrogens is 400 g/mol. The van der Waals surface area contributed by atoms with E-state index in [0.29, 0.717) is 11.5 Å². The molecule has 0 aromatic heterocycles. The van der Waals surface area contributed by atoms with Crippen LogP contribution in [0.5, 0.6) is 11.5 Å². The summed E-state index contributed by atoms with van der Waals surface area (Å²) in [7, 11) is 0. The van der Waals surface area contributed by atoms with Gasteiger partial charge >= 0.3 is 5.97 Å². The van der Waals surface area contributed by atoms with Gasteiger partial charge < -0.3 is 9.84 Å². The predicted molar refractivity (Wildman–Crippen MR) is 89.8 cm³/mol. The van der Waals surface area contributed by atoms with Crippen LogP contribution in [-0.4, -0.2) is 11.1 Å². The Kier molecular flexibility index (Phi) is 5.20. The minimum atomic E-state index is -0.964. The van der Waals surface area contributed by atoms with Crippen LogP contribution in [0, 0.1) is 6.92 Å². The van der Waals surface area contributed by atoms with Crippen LogP contribution in [0.1, 0.15) is 11.1 Å². The molecule has 2 aromatic rings. The van der Waals surface area contributed by atoms with Gasteiger partial charge in [-0.2, -0.15) is 0 Å². The maximum atomic E-state index is 10.5. The largest absolute Gasteiger partial charge is 0.478 e. The lowest BCUT2D eigenvalue weighted by molar-refractivity contribution is -0.131. The minimum absolute atomic E-state index is 0.697. The SMILES string of the molecule is Cc1cc(Oc2ccc(Br)cc2Br)ccc1C=CC(=O)O. The van der Waals surface area contributed by atoms with E-state index in [1.807, 2.05) is 43.3 Å². The Bertz CT molecular complexity index is 709. The molecule has 3 nitrogen and oxygen atoms in total. The highest BCUT2D eigenvalue weighted by Gasteiger charge is 2.05. The molecule has 108 valence electrons. The summed E-state index contributed by atoms with van der Waals surface area (Å²) in [5.41, 5.74) is 1.79. The Morgan fingerprint density at radius 3 is 2.57 bits per heavy atom. The van der Waals surface area contributed by atoms with Crippen molar-refractivity contribution in [1.82, 2.24) is 0 Å². The van der Waals surface area contributed by atoms with Gasteiger partial charge in [-0.25, -0.2) is 4.79 Å². The number of benzene rings is 2. The molecule has 0 bridgehead atoms. The summed E-state index contributed by atoms with van der Waals surface area (Å²) in [4.78, 5) is 10.5. The van der Waals surface area contributed by atoms with E-state index in [4.69, 9.17) is 9.84 Å². The molecule has 2 aromatic carbocycles. The number of carbonyl (C=O) groups is 1. The Labute approximate surface area is 139 Å². The van der Waals surface area contributed by atoms with Crippen LogP contribution in [-0.2, 0) is 4.79 Å². The molecule has 21 heavy (non-hydrogen) atoms. The third kappa shape index (κ3) is 4.44. The van der Waals surface area contributed by atoms with E-state index in [2.05, 4.69) is 31.9 Å². The van der Waals surface area contributed by atoms with Crippen molar-refractivity contribution in [3.05, 3.63) is 62.5 Å². The first kappa shape index (κ1) is 15.8. The third-order valence-corrected chi connectivity index (χ3v) is 3.88. The summed E-state index contributed by atoms with van der Waals surface area (Å²) in [6.45, 7) is 1.91. The second-order valence-corrected chi connectivity index (χ2v) is 6.14. The van der Waals surface area contributed by atoms with Gasteiger partial charge in [0.05, 0.1) is 4.47 Å². The Hall–Kier alpha value is -1.59. The molecule has 0 saturated heterocycles. The van der Waals surface area contributed by atoms with Gasteiger partial charge in [0.15, 0.2) is 0 Å². The first-order valence-corrected chi connectivity index (χ1v) is 7.69. The van der Waals surface area contributed by atoms with Gasteiger partial charge in [0, 0.05) is 10.5 Å². The fourth-order valence-electron chi connectivity index (χ4n) is 1.74. The van der Waals surface area contributed by atoms with E-state index in [0.717, 1.165) is 26.1 Å². The van der Waals surface area contributed by atoms with Crippen molar-refractivity contribution < 1.29 is 14.6 Å². The van der Waals surface area contributed by atoms with Gasteiger partial charge in [0.2, 0.25) is 0 Å². The highest BCUT2D eigenvalue weighted by Crippen LogP contribution is 2.32. The molecule has 0 spiro atoms. The van der Waals surface area contributed by atoms with Gasteiger partial charge in [-0.05, 0) is 70.4 Å². The van der Waals surface area contributed by atoms with Gasteiger partial charge in [0.25, 0.3) is 0 Å². The monoisotopic (exact) mass is 410 g/mol. The van der Waals surface area contributed by atoms with Crippen molar-refractivity contribution in [3.63, 3.8) is 0 Å². The predicted octanol–water partition coefficient (Wildman–Crippen LogP) is 5.41. The molecule has 5 heteroatoms. The fourth-order valence-corrected chi connectivity index (χ4v) is 2.87. The molecule has 0 fully saturated rings. The van der Waals surface area contributed by atoms with Crippen LogP contribution < -0.4 is 4.74 Å². The van der Waals surface area contributed by atoms with Crippen LogP contribution in [0.3, 0.4) is 0 Å². The topological polar surface area (TPSA) is 46.5 Å². The number of rotatable bonds is 4. The zero-order valence-electron chi connectivity index (χ0n) is 11.1. The van der Waals surface area contributed by atoms with Crippen molar-refractivity contribution in [2.75, 3.05) is 0 Å². The van der Waals surface area contributed by atoms with Crippen LogP contribution in [0.15, 0.2) is 51.4 Å². The van der Waals surface area contributed by atoms with Gasteiger partial charge in [-0.3, -0.25) is 0 Å². The first-order valence-electron chi connectivity index (χ1n) is 6.10. The van der Waals surface area contributed by atoms with Crippen LogP contribution >= 0.6 is 31.9 Å². The lowest BCUT2D eigenvalue weighted by atomic mass is 10.1. The number of ether oxygens (including phenoxy) is 1. The molecule has 1 N–H and O–H groups in total. The summed E-state index contributed by atoms with van der Waals surface area (Å²) >= 11 is 6.84. The second-order valence-electron chi connectivity index (χ2n) is 4.37. The van der Waals surface area contributed by atoms with Crippen molar-refractivity contribution in [3.8, 4) is 11.5 Å². The fraction of sp³-hybridized carbons (Fsp3) is 0.0625. The Balaban J connectivity index is 2.22. The molecule has 0 aliphatic carbocycles. The highest BCUT2D eigenvalue weighted by atomic mass is 79.9. The molecule has 2 rings (SSSR count). The molecule has 0 unspecified atom stereocenters. The minimum Gasteiger partial charge on any atom is -0.478 e. The third-order valence-electron chi connectivity index (χ3n) is 2.77. The van der Waals surface area contributed by atoms with E-state index >= 15 is 0 Å². The van der Waals surface area contributed by atoms with E-state index in [1.165, 1.54) is 0 Å². The van der Waals surface area contributed by atoms with Crippen molar-refractivity contribution in [2.24, 2.45) is 0 Å². The van der Waals surface area contributed by atoms with E-state index in [1.54, 1.807) is 6.08 Å².